The van der Waals surface area contributed by atoms with Crippen molar-refractivity contribution in [2.75, 3.05) is 19.8 Å². The van der Waals surface area contributed by atoms with Crippen LogP contribution in [-0.2, 0) is 25.6 Å². The fraction of sp³-hybridized carbons (Fsp3) is 0.650. The van der Waals surface area contributed by atoms with Gasteiger partial charge in [-0.2, -0.15) is 4.08 Å². The van der Waals surface area contributed by atoms with Gasteiger partial charge in [-0.3, -0.25) is 0 Å². The molecule has 0 radical (unpaired) electrons. The maximum atomic E-state index is 12.2. The smallest absolute Gasteiger partial charge is 0.418 e. The molecule has 0 bridgehead atoms. The molecule has 0 spiro atoms. The lowest BCUT2D eigenvalue weighted by Crippen LogP contribution is -2.38. The molecule has 1 amide bonds. The normalized spacial score (nSPS) is 23.9. The molecule has 1 N–H and O–H groups in total. The monoisotopic (exact) mass is 474 g/mol. The number of carbonyl (C=O) groups is 1. The molecule has 0 aromatic heterocycles. The molecule has 0 unspecified atom stereocenters. The molecule has 1 fully saturated rings. The molecule has 2 heterocycles. The summed E-state index contributed by atoms with van der Waals surface area (Å²) in [5.74, 6) is 0.778. The van der Waals surface area contributed by atoms with E-state index in [-0.39, 0.29) is 23.4 Å². The van der Waals surface area contributed by atoms with Crippen LogP contribution in [-0.4, -0.2) is 45.4 Å². The molecule has 0 atom stereocenters. The predicted octanol–water partition coefficient (Wildman–Crippen LogP) is 5.69. The lowest BCUT2D eigenvalue weighted by Gasteiger charge is -2.43. The van der Waals surface area contributed by atoms with Crippen LogP contribution in [0, 0.1) is 10.8 Å². The minimum atomic E-state index is -2.80. The van der Waals surface area contributed by atoms with Gasteiger partial charge in [-0.25, -0.2) is 9.10 Å². The summed E-state index contributed by atoms with van der Waals surface area (Å²) >= 11 is 6.85. The number of amides is 1. The van der Waals surface area contributed by atoms with Gasteiger partial charge in [0, 0.05) is 11.5 Å². The minimum absolute atomic E-state index is 0.0672. The summed E-state index contributed by atoms with van der Waals surface area (Å²) in [4.78, 5) is 12.2. The highest BCUT2D eigenvalue weighted by Crippen LogP contribution is 2.61. The molecule has 0 aromatic carbocycles. The van der Waals surface area contributed by atoms with Gasteiger partial charge in [0.25, 0.3) is 6.64 Å². The molecule has 0 saturated carbocycles. The summed E-state index contributed by atoms with van der Waals surface area (Å²) in [5, 5.41) is 9.98. The summed E-state index contributed by atoms with van der Waals surface area (Å²) in [6.07, 6.45) is 5.30. The first-order valence-corrected chi connectivity index (χ1v) is 13.3. The van der Waals surface area contributed by atoms with Crippen LogP contribution in [0.25, 0.3) is 0 Å². The van der Waals surface area contributed by atoms with Gasteiger partial charge < -0.3 is 18.9 Å². The van der Waals surface area contributed by atoms with E-state index in [9.17, 15) is 9.90 Å². The van der Waals surface area contributed by atoms with E-state index in [0.29, 0.717) is 13.2 Å². The lowest BCUT2D eigenvalue weighted by atomic mass is 9.85. The first-order chi connectivity index (χ1) is 13.8. The number of hydrogen-bond acceptors (Lipinski definition) is 6. The highest BCUT2D eigenvalue weighted by molar-refractivity contribution is 8.15. The van der Waals surface area contributed by atoms with Gasteiger partial charge in [0.05, 0.1) is 38.2 Å². The van der Waals surface area contributed by atoms with E-state index in [4.69, 9.17) is 25.6 Å². The molecule has 1 aliphatic carbocycles. The van der Waals surface area contributed by atoms with Gasteiger partial charge in [-0.1, -0.05) is 33.8 Å². The Morgan fingerprint density at radius 3 is 2.50 bits per heavy atom. The molecule has 0 aromatic rings. The van der Waals surface area contributed by atoms with Gasteiger partial charge in [0.15, 0.2) is 0 Å². The van der Waals surface area contributed by atoms with Crippen molar-refractivity contribution in [3.05, 3.63) is 35.3 Å². The average molecular weight is 475 g/mol. The number of rotatable bonds is 6. The number of allylic oxidation sites excluding steroid dienone is 3. The first kappa shape index (κ1) is 23.8. The van der Waals surface area contributed by atoms with Crippen molar-refractivity contribution < 1.29 is 23.7 Å². The fourth-order valence-corrected chi connectivity index (χ4v) is 8.09. The van der Waals surface area contributed by atoms with Crippen molar-refractivity contribution >= 4 is 36.7 Å². The van der Waals surface area contributed by atoms with Gasteiger partial charge >= 0.3 is 6.09 Å². The zero-order chi connectivity index (χ0) is 22.3. The van der Waals surface area contributed by atoms with E-state index in [1.54, 1.807) is 10.3 Å². The number of nitrogens with zero attached hydrogens (tertiary/aromatic N) is 2. The van der Waals surface area contributed by atoms with Crippen LogP contribution in [0.3, 0.4) is 0 Å². The van der Waals surface area contributed by atoms with Gasteiger partial charge in [0.1, 0.15) is 5.76 Å². The summed E-state index contributed by atoms with van der Waals surface area (Å²) < 4.78 is 20.9. The van der Waals surface area contributed by atoms with Crippen molar-refractivity contribution in [3.63, 3.8) is 0 Å². The second-order valence-corrected chi connectivity index (χ2v) is 14.0. The molecule has 10 heteroatoms. The summed E-state index contributed by atoms with van der Waals surface area (Å²) in [6, 6.07) is -0.0672. The fourth-order valence-electron chi connectivity index (χ4n) is 3.50. The molecular formula is C20H31N2O5PS2. The van der Waals surface area contributed by atoms with Crippen LogP contribution in [0.4, 0.5) is 4.79 Å². The quantitative estimate of drug-likeness (QED) is 0.389. The third-order valence-corrected chi connectivity index (χ3v) is 10.5. The Morgan fingerprint density at radius 1 is 1.30 bits per heavy atom. The maximum Gasteiger partial charge on any atom is 0.418 e. The Kier molecular flexibility index (Phi) is 6.83. The van der Waals surface area contributed by atoms with E-state index in [0.717, 1.165) is 35.5 Å². The number of ether oxygens (including phenoxy) is 1. The van der Waals surface area contributed by atoms with Crippen LogP contribution in [0.1, 0.15) is 48.0 Å². The topological polar surface area (TPSA) is 71.5 Å². The number of fused-ring (bicyclic) bond motifs is 1. The standard InChI is InChI=1S/C20H31N2O5PS2/c1-14(2)22(28(29)26-12-19(3,4)13-27-28)30-21(18(23)24)11-16-17-15(8-7-9-25-17)10-20(16,5)6/h7-9,14H,10-13H2,1-6H3,(H,23,24). The predicted molar refractivity (Wildman–Crippen MR) is 123 cm³/mol. The van der Waals surface area contributed by atoms with Crippen molar-refractivity contribution in [2.24, 2.45) is 10.8 Å². The highest BCUT2D eigenvalue weighted by Gasteiger charge is 2.43. The Labute approximate surface area is 188 Å². The molecular weight excluding hydrogens is 443 g/mol. The largest absolute Gasteiger partial charge is 0.465 e. The van der Waals surface area contributed by atoms with Crippen LogP contribution in [0.15, 0.2) is 35.3 Å². The number of carboxylic acid groups (broad SMARTS) is 1. The molecule has 30 heavy (non-hydrogen) atoms. The Bertz CT molecular complexity index is 836. The Morgan fingerprint density at radius 2 is 1.93 bits per heavy atom. The molecule has 7 nitrogen and oxygen atoms in total. The van der Waals surface area contributed by atoms with Gasteiger partial charge in [0.2, 0.25) is 0 Å². The molecule has 3 aliphatic rings. The summed E-state index contributed by atoms with van der Waals surface area (Å²) in [6.45, 7) is 10.6. The first-order valence-electron chi connectivity index (χ1n) is 9.98. The summed E-state index contributed by atoms with van der Waals surface area (Å²) in [7, 11) is 0. The van der Waals surface area contributed by atoms with Crippen LogP contribution < -0.4 is 0 Å². The SMILES string of the molecule is CC(C)N(SN(CC1=C2OC=CC=C2CC1(C)C)C(=O)O)P1(=S)OCC(C)(C)CO1. The van der Waals surface area contributed by atoms with Crippen LogP contribution >= 0.6 is 18.8 Å². The van der Waals surface area contributed by atoms with Crippen LogP contribution in [0.2, 0.25) is 0 Å². The van der Waals surface area contributed by atoms with Crippen LogP contribution in [0.5, 0.6) is 0 Å². The van der Waals surface area contributed by atoms with E-state index >= 15 is 0 Å². The lowest BCUT2D eigenvalue weighted by molar-refractivity contribution is 0.0487. The average Bonchev–Trinajstić information content (AvgIpc) is 2.90. The van der Waals surface area contributed by atoms with E-state index in [2.05, 4.69) is 27.7 Å². The molecule has 3 rings (SSSR count). The number of hydrogen-bond donors (Lipinski definition) is 1. The molecule has 168 valence electrons. The van der Waals surface area contributed by atoms with Gasteiger partial charge in [-0.15, -0.1) is 0 Å². The zero-order valence-electron chi connectivity index (χ0n) is 18.4. The molecule has 2 aliphatic heterocycles. The van der Waals surface area contributed by atoms with E-state index < -0.39 is 12.7 Å². The van der Waals surface area contributed by atoms with E-state index in [1.807, 2.05) is 26.0 Å². The van der Waals surface area contributed by atoms with Crippen molar-refractivity contribution in [3.8, 4) is 0 Å². The van der Waals surface area contributed by atoms with Crippen molar-refractivity contribution in [1.82, 2.24) is 8.38 Å². The summed E-state index contributed by atoms with van der Waals surface area (Å²) in [5.41, 5.74) is 1.74. The second-order valence-electron chi connectivity index (χ2n) is 9.48. The molecule has 1 saturated heterocycles. The second kappa shape index (κ2) is 8.60. The zero-order valence-corrected chi connectivity index (χ0v) is 20.9. The Hall–Kier alpha value is -0.830. The highest BCUT2D eigenvalue weighted by atomic mass is 32.5. The minimum Gasteiger partial charge on any atom is -0.465 e. The van der Waals surface area contributed by atoms with E-state index in [1.165, 1.54) is 4.31 Å². The van der Waals surface area contributed by atoms with Gasteiger partial charge in [-0.05, 0) is 54.7 Å². The maximum absolute atomic E-state index is 12.2. The third kappa shape index (κ3) is 4.97. The van der Waals surface area contributed by atoms with Crippen molar-refractivity contribution in [1.29, 1.82) is 0 Å². The Balaban J connectivity index is 1.84. The van der Waals surface area contributed by atoms with Crippen molar-refractivity contribution in [2.45, 2.75) is 54.0 Å². The third-order valence-electron chi connectivity index (χ3n) is 5.19.